The molecule has 0 saturated carbocycles. The van der Waals surface area contributed by atoms with Crippen LogP contribution in [-0.2, 0) is 14.3 Å². The first-order valence-corrected chi connectivity index (χ1v) is 7.52. The molecule has 1 unspecified atom stereocenters. The van der Waals surface area contributed by atoms with Crippen molar-refractivity contribution >= 4 is 17.6 Å². The van der Waals surface area contributed by atoms with E-state index in [1.165, 1.54) is 4.90 Å². The Morgan fingerprint density at radius 3 is 2.68 bits per heavy atom. The van der Waals surface area contributed by atoms with E-state index < -0.39 is 11.9 Å². The Balaban J connectivity index is 1.79. The summed E-state index contributed by atoms with van der Waals surface area (Å²) < 4.78 is 11.3. The van der Waals surface area contributed by atoms with E-state index in [2.05, 4.69) is 0 Å². The number of carboxylic acid groups (broad SMARTS) is 1. The molecule has 2 saturated heterocycles. The van der Waals surface area contributed by atoms with Gasteiger partial charge in [-0.3, -0.25) is 9.59 Å². The zero-order chi connectivity index (χ0) is 15.5. The van der Waals surface area contributed by atoms with Crippen molar-refractivity contribution < 1.29 is 24.2 Å². The fraction of sp³-hybridized carbons (Fsp3) is 0.500. The average Bonchev–Trinajstić information content (AvgIpc) is 2.91. The van der Waals surface area contributed by atoms with Gasteiger partial charge in [0.25, 0.3) is 0 Å². The van der Waals surface area contributed by atoms with Crippen LogP contribution in [0.25, 0.3) is 0 Å². The van der Waals surface area contributed by atoms with Gasteiger partial charge in [-0.2, -0.15) is 0 Å². The van der Waals surface area contributed by atoms with Crippen LogP contribution in [-0.4, -0.2) is 42.8 Å². The number of carboxylic acids is 1. The highest BCUT2D eigenvalue weighted by Gasteiger charge is 2.36. The van der Waals surface area contributed by atoms with E-state index in [1.54, 1.807) is 6.07 Å². The second kappa shape index (κ2) is 6.36. The molecule has 1 amide bonds. The van der Waals surface area contributed by atoms with Crippen LogP contribution in [0.5, 0.6) is 5.75 Å². The topological polar surface area (TPSA) is 76.1 Å². The van der Waals surface area contributed by atoms with Crippen molar-refractivity contribution in [1.29, 1.82) is 0 Å². The number of aliphatic carboxylic acids is 1. The summed E-state index contributed by atoms with van der Waals surface area (Å²) >= 11 is 0. The molecule has 2 fully saturated rings. The summed E-state index contributed by atoms with van der Waals surface area (Å²) in [7, 11) is 0. The molecule has 0 radical (unpaired) electrons. The third kappa shape index (κ3) is 3.06. The van der Waals surface area contributed by atoms with Gasteiger partial charge in [0.2, 0.25) is 5.91 Å². The molecule has 0 bridgehead atoms. The van der Waals surface area contributed by atoms with Crippen LogP contribution in [0.2, 0.25) is 0 Å². The summed E-state index contributed by atoms with van der Waals surface area (Å²) in [6, 6.07) is 7.31. The summed E-state index contributed by atoms with van der Waals surface area (Å²) in [6.45, 7) is 1.55. The second-order valence-electron chi connectivity index (χ2n) is 5.64. The van der Waals surface area contributed by atoms with Crippen LogP contribution in [0.1, 0.15) is 19.3 Å². The van der Waals surface area contributed by atoms with E-state index in [0.29, 0.717) is 24.7 Å². The Hall–Kier alpha value is -2.08. The quantitative estimate of drug-likeness (QED) is 0.916. The molecular weight excluding hydrogens is 286 g/mol. The summed E-state index contributed by atoms with van der Waals surface area (Å²) in [4.78, 5) is 24.7. The predicted octanol–water partition coefficient (Wildman–Crippen LogP) is 1.68. The van der Waals surface area contributed by atoms with Crippen molar-refractivity contribution in [2.24, 2.45) is 5.92 Å². The molecule has 3 rings (SSSR count). The monoisotopic (exact) mass is 305 g/mol. The fourth-order valence-corrected chi connectivity index (χ4v) is 2.86. The molecule has 1 aromatic carbocycles. The molecule has 6 heteroatoms. The fourth-order valence-electron chi connectivity index (χ4n) is 2.86. The number of carbonyl (C=O) groups excluding carboxylic acids is 1. The van der Waals surface area contributed by atoms with Gasteiger partial charge in [0.05, 0.1) is 24.8 Å². The normalized spacial score (nSPS) is 22.8. The number of benzene rings is 1. The lowest BCUT2D eigenvalue weighted by molar-refractivity contribution is -0.141. The van der Waals surface area contributed by atoms with Gasteiger partial charge >= 0.3 is 5.97 Å². The van der Waals surface area contributed by atoms with Gasteiger partial charge < -0.3 is 19.5 Å². The molecule has 22 heavy (non-hydrogen) atoms. The maximum Gasteiger partial charge on any atom is 0.308 e. The lowest BCUT2D eigenvalue weighted by Gasteiger charge is -2.26. The van der Waals surface area contributed by atoms with E-state index in [9.17, 15) is 9.59 Å². The summed E-state index contributed by atoms with van der Waals surface area (Å²) in [5, 5.41) is 9.10. The van der Waals surface area contributed by atoms with Crippen molar-refractivity contribution in [3.63, 3.8) is 0 Å². The molecular formula is C16H19NO5. The summed E-state index contributed by atoms with van der Waals surface area (Å²) in [5.74, 6) is -1.12. The number of ether oxygens (including phenoxy) is 2. The standard InChI is InChI=1S/C16H19NO5/c18-15-9-11(16(19)20)10-17(15)13-3-1-2-4-14(13)22-12-5-7-21-8-6-12/h1-4,11-12H,5-10H2,(H,19,20). The number of anilines is 1. The number of hydrogen-bond acceptors (Lipinski definition) is 4. The molecule has 0 spiro atoms. The smallest absolute Gasteiger partial charge is 0.308 e. The first-order valence-electron chi connectivity index (χ1n) is 7.52. The van der Waals surface area contributed by atoms with Crippen LogP contribution in [0.15, 0.2) is 24.3 Å². The number of nitrogens with zero attached hydrogens (tertiary/aromatic N) is 1. The Morgan fingerprint density at radius 2 is 2.00 bits per heavy atom. The first kappa shape index (κ1) is 14.8. The van der Waals surface area contributed by atoms with Gasteiger partial charge in [-0.15, -0.1) is 0 Å². The highest BCUT2D eigenvalue weighted by Crippen LogP contribution is 2.34. The summed E-state index contributed by atoms with van der Waals surface area (Å²) in [6.07, 6.45) is 1.75. The highest BCUT2D eigenvalue weighted by molar-refractivity contribution is 6.00. The van der Waals surface area contributed by atoms with Gasteiger partial charge in [-0.05, 0) is 12.1 Å². The first-order chi connectivity index (χ1) is 10.6. The Labute approximate surface area is 128 Å². The molecule has 1 atom stereocenters. The van der Waals surface area contributed by atoms with Gasteiger partial charge in [0.1, 0.15) is 11.9 Å². The van der Waals surface area contributed by atoms with Gasteiger partial charge in [-0.25, -0.2) is 0 Å². The van der Waals surface area contributed by atoms with Gasteiger partial charge in [0, 0.05) is 25.8 Å². The third-order valence-electron chi connectivity index (χ3n) is 4.09. The second-order valence-corrected chi connectivity index (χ2v) is 5.64. The van der Waals surface area contributed by atoms with Crippen LogP contribution < -0.4 is 9.64 Å². The molecule has 0 aromatic heterocycles. The molecule has 1 N–H and O–H groups in total. The number of carbonyl (C=O) groups is 2. The molecule has 6 nitrogen and oxygen atoms in total. The maximum absolute atomic E-state index is 12.1. The van der Waals surface area contributed by atoms with E-state index in [4.69, 9.17) is 14.6 Å². The Morgan fingerprint density at radius 1 is 1.27 bits per heavy atom. The molecule has 2 heterocycles. The third-order valence-corrected chi connectivity index (χ3v) is 4.09. The minimum atomic E-state index is -0.932. The van der Waals surface area contributed by atoms with Crippen molar-refractivity contribution in [2.45, 2.75) is 25.4 Å². The van der Waals surface area contributed by atoms with Crippen LogP contribution in [0.3, 0.4) is 0 Å². The molecule has 1 aromatic rings. The number of rotatable bonds is 4. The van der Waals surface area contributed by atoms with Crippen LogP contribution >= 0.6 is 0 Å². The highest BCUT2D eigenvalue weighted by atomic mass is 16.5. The van der Waals surface area contributed by atoms with Gasteiger partial charge in [0.15, 0.2) is 0 Å². The lowest BCUT2D eigenvalue weighted by atomic mass is 10.1. The zero-order valence-corrected chi connectivity index (χ0v) is 12.2. The molecule has 2 aliphatic heterocycles. The van der Waals surface area contributed by atoms with Crippen molar-refractivity contribution in [3.8, 4) is 5.75 Å². The Kier molecular flexibility index (Phi) is 4.29. The average molecular weight is 305 g/mol. The molecule has 2 aliphatic rings. The van der Waals surface area contributed by atoms with Crippen LogP contribution in [0.4, 0.5) is 5.69 Å². The molecule has 0 aliphatic carbocycles. The lowest BCUT2D eigenvalue weighted by Crippen LogP contribution is -2.29. The minimum Gasteiger partial charge on any atom is -0.488 e. The van der Waals surface area contributed by atoms with Crippen molar-refractivity contribution in [2.75, 3.05) is 24.7 Å². The van der Waals surface area contributed by atoms with Crippen molar-refractivity contribution in [3.05, 3.63) is 24.3 Å². The van der Waals surface area contributed by atoms with E-state index in [-0.39, 0.29) is 25.0 Å². The Bertz CT molecular complexity index is 567. The van der Waals surface area contributed by atoms with E-state index in [1.807, 2.05) is 18.2 Å². The van der Waals surface area contributed by atoms with E-state index >= 15 is 0 Å². The van der Waals surface area contributed by atoms with Gasteiger partial charge in [-0.1, -0.05) is 12.1 Å². The van der Waals surface area contributed by atoms with Crippen LogP contribution in [0, 0.1) is 5.92 Å². The van der Waals surface area contributed by atoms with Crippen molar-refractivity contribution in [1.82, 2.24) is 0 Å². The SMILES string of the molecule is O=C(O)C1CC(=O)N(c2ccccc2OC2CCOCC2)C1. The summed E-state index contributed by atoms with van der Waals surface area (Å²) in [5.41, 5.74) is 0.655. The number of amides is 1. The largest absolute Gasteiger partial charge is 0.488 e. The zero-order valence-electron chi connectivity index (χ0n) is 12.2. The predicted molar refractivity (Wildman–Crippen MR) is 79.0 cm³/mol. The minimum absolute atomic E-state index is 0.0426. The molecule has 118 valence electrons. The number of para-hydroxylation sites is 2. The number of hydrogen-bond donors (Lipinski definition) is 1. The maximum atomic E-state index is 12.1. The van der Waals surface area contributed by atoms with E-state index in [0.717, 1.165) is 12.8 Å².